The molecule has 2 saturated heterocycles. The first-order chi connectivity index (χ1) is 12.4. The Labute approximate surface area is 153 Å². The largest absolute Gasteiger partial charge is 0.376 e. The highest BCUT2D eigenvalue weighted by molar-refractivity contribution is 7.89. The lowest BCUT2D eigenvalue weighted by Crippen LogP contribution is -2.47. The van der Waals surface area contributed by atoms with Crippen LogP contribution in [0, 0.1) is 11.7 Å². The molecule has 1 aromatic rings. The number of rotatable bonds is 5. The van der Waals surface area contributed by atoms with Crippen LogP contribution in [0.15, 0.2) is 29.2 Å². The monoisotopic (exact) mass is 384 g/mol. The molecule has 2 aliphatic rings. The Morgan fingerprint density at radius 1 is 1.27 bits per heavy atom. The van der Waals surface area contributed by atoms with Gasteiger partial charge >= 0.3 is 0 Å². The maximum absolute atomic E-state index is 13.9. The topological polar surface area (TPSA) is 75.7 Å². The number of nitrogens with one attached hydrogen (secondary N) is 1. The summed E-state index contributed by atoms with van der Waals surface area (Å²) in [4.78, 5) is 12.1. The maximum Gasteiger partial charge on any atom is 0.245 e. The molecule has 1 aromatic carbocycles. The highest BCUT2D eigenvalue weighted by Gasteiger charge is 2.34. The van der Waals surface area contributed by atoms with Gasteiger partial charge in [-0.1, -0.05) is 12.1 Å². The summed E-state index contributed by atoms with van der Waals surface area (Å²) in [6, 6.07) is 5.32. The standard InChI is InChI=1S/C18H25FN2O4S/c1-13(16-6-4-12-25-16)20-18(22)14-8-10-21(11-9-14)26(23,24)17-7-3-2-5-15(17)19/h2-3,5,7,13-14,16H,4,6,8-12H2,1H3,(H,20,22). The van der Waals surface area contributed by atoms with Gasteiger partial charge < -0.3 is 10.1 Å². The van der Waals surface area contributed by atoms with E-state index in [-0.39, 0.29) is 42.0 Å². The predicted molar refractivity (Wildman–Crippen MR) is 94.5 cm³/mol. The van der Waals surface area contributed by atoms with E-state index in [1.807, 2.05) is 6.92 Å². The van der Waals surface area contributed by atoms with Crippen LogP contribution in [0.1, 0.15) is 32.6 Å². The average Bonchev–Trinajstić information content (AvgIpc) is 3.17. The van der Waals surface area contributed by atoms with Crippen molar-refractivity contribution in [2.75, 3.05) is 19.7 Å². The Balaban J connectivity index is 1.57. The van der Waals surface area contributed by atoms with E-state index in [0.29, 0.717) is 12.8 Å². The molecule has 0 radical (unpaired) electrons. The van der Waals surface area contributed by atoms with E-state index in [1.54, 1.807) is 0 Å². The molecule has 0 bridgehead atoms. The summed E-state index contributed by atoms with van der Waals surface area (Å²) in [7, 11) is -3.87. The summed E-state index contributed by atoms with van der Waals surface area (Å²) in [6.07, 6.45) is 2.87. The van der Waals surface area contributed by atoms with Crippen LogP contribution in [0.3, 0.4) is 0 Å². The van der Waals surface area contributed by atoms with E-state index in [2.05, 4.69) is 5.32 Å². The van der Waals surface area contributed by atoms with Gasteiger partial charge in [0.25, 0.3) is 0 Å². The van der Waals surface area contributed by atoms with Crippen molar-refractivity contribution in [3.05, 3.63) is 30.1 Å². The van der Waals surface area contributed by atoms with E-state index in [4.69, 9.17) is 4.74 Å². The van der Waals surface area contributed by atoms with E-state index in [9.17, 15) is 17.6 Å². The minimum absolute atomic E-state index is 0.0508. The van der Waals surface area contributed by atoms with Gasteiger partial charge in [-0.05, 0) is 44.7 Å². The fraction of sp³-hybridized carbons (Fsp3) is 0.611. The number of ether oxygens (including phenoxy) is 1. The molecule has 3 rings (SSSR count). The van der Waals surface area contributed by atoms with Crippen LogP contribution in [0.4, 0.5) is 4.39 Å². The number of hydrogen-bond donors (Lipinski definition) is 1. The third-order valence-corrected chi connectivity index (χ3v) is 7.10. The number of benzene rings is 1. The zero-order valence-electron chi connectivity index (χ0n) is 14.9. The molecule has 2 aliphatic heterocycles. The molecule has 0 saturated carbocycles. The molecule has 0 aliphatic carbocycles. The average molecular weight is 384 g/mol. The molecule has 8 heteroatoms. The summed E-state index contributed by atoms with van der Waals surface area (Å²) in [5.74, 6) is -1.04. The van der Waals surface area contributed by atoms with E-state index < -0.39 is 15.8 Å². The van der Waals surface area contributed by atoms with Crippen molar-refractivity contribution >= 4 is 15.9 Å². The Bertz CT molecular complexity index is 741. The van der Waals surface area contributed by atoms with Crippen molar-refractivity contribution in [3.63, 3.8) is 0 Å². The zero-order chi connectivity index (χ0) is 18.7. The number of carbonyl (C=O) groups excluding carboxylic acids is 1. The van der Waals surface area contributed by atoms with Crippen molar-refractivity contribution in [3.8, 4) is 0 Å². The third kappa shape index (κ3) is 4.07. The number of halogens is 1. The first-order valence-electron chi connectivity index (χ1n) is 9.06. The first-order valence-corrected chi connectivity index (χ1v) is 10.5. The molecule has 26 heavy (non-hydrogen) atoms. The Kier molecular flexibility index (Phi) is 5.94. The molecule has 1 amide bonds. The lowest BCUT2D eigenvalue weighted by Gasteiger charge is -2.31. The summed E-state index contributed by atoms with van der Waals surface area (Å²) in [5.41, 5.74) is 0. The molecule has 2 unspecified atom stereocenters. The molecular formula is C18H25FN2O4S. The van der Waals surface area contributed by atoms with Gasteiger partial charge in [0.15, 0.2) is 0 Å². The Morgan fingerprint density at radius 2 is 1.96 bits per heavy atom. The highest BCUT2D eigenvalue weighted by Crippen LogP contribution is 2.26. The van der Waals surface area contributed by atoms with E-state index in [1.165, 1.54) is 22.5 Å². The predicted octanol–water partition coefficient (Wildman–Crippen LogP) is 1.91. The van der Waals surface area contributed by atoms with Gasteiger partial charge in [0.05, 0.1) is 12.1 Å². The maximum atomic E-state index is 13.9. The van der Waals surface area contributed by atoms with Gasteiger partial charge in [-0.25, -0.2) is 12.8 Å². The van der Waals surface area contributed by atoms with Crippen LogP contribution < -0.4 is 5.32 Å². The van der Waals surface area contributed by atoms with Gasteiger partial charge in [-0.2, -0.15) is 4.31 Å². The Morgan fingerprint density at radius 3 is 2.58 bits per heavy atom. The zero-order valence-corrected chi connectivity index (χ0v) is 15.7. The molecule has 2 atom stereocenters. The SMILES string of the molecule is CC(NC(=O)C1CCN(S(=O)(=O)c2ccccc2F)CC1)C1CCCO1. The van der Waals surface area contributed by atoms with Crippen molar-refractivity contribution < 1.29 is 22.3 Å². The third-order valence-electron chi connectivity index (χ3n) is 5.17. The van der Waals surface area contributed by atoms with Crippen LogP contribution in [0.5, 0.6) is 0 Å². The number of carbonyl (C=O) groups is 1. The molecule has 6 nitrogen and oxygen atoms in total. The van der Waals surface area contributed by atoms with Crippen molar-refractivity contribution in [2.24, 2.45) is 5.92 Å². The van der Waals surface area contributed by atoms with Gasteiger partial charge in [0.2, 0.25) is 15.9 Å². The number of amides is 1. The van der Waals surface area contributed by atoms with Crippen LogP contribution >= 0.6 is 0 Å². The van der Waals surface area contributed by atoms with Crippen LogP contribution in [0.25, 0.3) is 0 Å². The van der Waals surface area contributed by atoms with Crippen molar-refractivity contribution in [1.82, 2.24) is 9.62 Å². The van der Waals surface area contributed by atoms with Gasteiger partial charge in [0, 0.05) is 25.6 Å². The number of piperidine rings is 1. The number of hydrogen-bond acceptors (Lipinski definition) is 4. The van der Waals surface area contributed by atoms with Gasteiger partial charge in [0.1, 0.15) is 10.7 Å². The minimum atomic E-state index is -3.87. The first kappa shape index (κ1) is 19.3. The smallest absolute Gasteiger partial charge is 0.245 e. The molecule has 1 N–H and O–H groups in total. The van der Waals surface area contributed by atoms with Crippen LogP contribution in [0.2, 0.25) is 0 Å². The number of sulfonamides is 1. The molecule has 0 spiro atoms. The van der Waals surface area contributed by atoms with Crippen LogP contribution in [-0.2, 0) is 19.6 Å². The van der Waals surface area contributed by atoms with Gasteiger partial charge in [-0.15, -0.1) is 0 Å². The lowest BCUT2D eigenvalue weighted by molar-refractivity contribution is -0.127. The van der Waals surface area contributed by atoms with E-state index in [0.717, 1.165) is 25.5 Å². The summed E-state index contributed by atoms with van der Waals surface area (Å²) < 4.78 is 45.9. The Hall–Kier alpha value is -1.51. The molecule has 144 valence electrons. The quantitative estimate of drug-likeness (QED) is 0.841. The lowest BCUT2D eigenvalue weighted by atomic mass is 9.96. The van der Waals surface area contributed by atoms with E-state index >= 15 is 0 Å². The molecule has 2 fully saturated rings. The molecule has 2 heterocycles. The minimum Gasteiger partial charge on any atom is -0.376 e. The van der Waals surface area contributed by atoms with Crippen LogP contribution in [-0.4, -0.2) is 50.5 Å². The fourth-order valence-corrected chi connectivity index (χ4v) is 5.12. The van der Waals surface area contributed by atoms with Crippen molar-refractivity contribution in [1.29, 1.82) is 0 Å². The summed E-state index contributed by atoms with van der Waals surface area (Å²) in [6.45, 7) is 3.09. The molecule has 0 aromatic heterocycles. The van der Waals surface area contributed by atoms with Gasteiger partial charge in [-0.3, -0.25) is 4.79 Å². The second-order valence-electron chi connectivity index (χ2n) is 6.96. The van der Waals surface area contributed by atoms with Crippen molar-refractivity contribution in [2.45, 2.75) is 49.6 Å². The fourth-order valence-electron chi connectivity index (χ4n) is 3.58. The molecular weight excluding hydrogens is 359 g/mol. The summed E-state index contributed by atoms with van der Waals surface area (Å²) in [5, 5.41) is 2.99. The summed E-state index contributed by atoms with van der Waals surface area (Å²) >= 11 is 0. The highest BCUT2D eigenvalue weighted by atomic mass is 32.2. The second kappa shape index (κ2) is 8.02. The normalized spacial score (nSPS) is 23.7. The second-order valence-corrected chi connectivity index (χ2v) is 8.86. The number of nitrogens with zero attached hydrogens (tertiary/aromatic N) is 1.